The predicted octanol–water partition coefficient (Wildman–Crippen LogP) is 10.2. The summed E-state index contributed by atoms with van der Waals surface area (Å²) in [5.74, 6) is 1.72. The van der Waals surface area contributed by atoms with Crippen molar-refractivity contribution < 1.29 is 28.9 Å². The molecule has 0 aliphatic rings. The molecule has 0 aliphatic carbocycles. The summed E-state index contributed by atoms with van der Waals surface area (Å²) >= 11 is 3.45. The fraction of sp³-hybridized carbons (Fsp3) is 0.0732. The van der Waals surface area contributed by atoms with Gasteiger partial charge in [-0.25, -0.2) is 0 Å². The van der Waals surface area contributed by atoms with Gasteiger partial charge in [0.05, 0.1) is 18.0 Å². The predicted molar refractivity (Wildman–Crippen MR) is 192 cm³/mol. The van der Waals surface area contributed by atoms with Crippen molar-refractivity contribution in [2.24, 2.45) is 0 Å². The zero-order valence-corrected chi connectivity index (χ0v) is 27.9. The summed E-state index contributed by atoms with van der Waals surface area (Å²) in [6.45, 7) is 0.211. The Hall–Kier alpha value is -5.86. The quantitative estimate of drug-likeness (QED) is 0.124. The van der Waals surface area contributed by atoms with Gasteiger partial charge in [-0.15, -0.1) is 0 Å². The van der Waals surface area contributed by atoms with Crippen LogP contribution in [-0.4, -0.2) is 17.0 Å². The van der Waals surface area contributed by atoms with Crippen LogP contribution in [0.5, 0.6) is 28.7 Å². The maximum absolute atomic E-state index is 13.7. The Morgan fingerprint density at radius 3 is 1.94 bits per heavy atom. The maximum atomic E-state index is 13.7. The van der Waals surface area contributed by atoms with Gasteiger partial charge in [0.15, 0.2) is 0 Å². The standard InChI is InChI=1S/C41H32BrNO6/c42-31-21-24-38(47-27-28-15-22-34(23-16-28)48-32-9-3-1-4-10-32)36(25-31)41(46)43-37(26-40(44)45)30-19-17-29(18-20-30)35-13-7-8-14-39(35)49-33-11-5-2-6-12-33/h1-25,37H,26-27H2,(H,43,46)(H,44,45). The molecule has 0 heterocycles. The van der Waals surface area contributed by atoms with Crippen LogP contribution in [0, 0.1) is 0 Å². The summed E-state index contributed by atoms with van der Waals surface area (Å²) < 4.78 is 18.8. The Morgan fingerprint density at radius 2 is 1.27 bits per heavy atom. The molecule has 0 saturated heterocycles. The van der Waals surface area contributed by atoms with Crippen LogP contribution in [0.1, 0.15) is 33.9 Å². The van der Waals surface area contributed by atoms with E-state index in [1.807, 2.05) is 133 Å². The molecule has 6 rings (SSSR count). The highest BCUT2D eigenvalue weighted by atomic mass is 79.9. The lowest BCUT2D eigenvalue weighted by atomic mass is 9.98. The highest BCUT2D eigenvalue weighted by molar-refractivity contribution is 9.10. The number of amides is 1. The fourth-order valence-corrected chi connectivity index (χ4v) is 5.57. The van der Waals surface area contributed by atoms with Gasteiger partial charge in [-0.05, 0) is 77.4 Å². The van der Waals surface area contributed by atoms with Crippen molar-refractivity contribution in [1.29, 1.82) is 0 Å². The van der Waals surface area contributed by atoms with E-state index in [-0.39, 0.29) is 18.6 Å². The molecule has 1 amide bonds. The first-order valence-electron chi connectivity index (χ1n) is 15.6. The van der Waals surface area contributed by atoms with E-state index in [0.717, 1.165) is 28.2 Å². The SMILES string of the molecule is O=C(O)CC(NC(=O)c1cc(Br)ccc1OCc1ccc(Oc2ccccc2)cc1)c1ccc(-c2ccccc2Oc2ccccc2)cc1. The first-order valence-corrected chi connectivity index (χ1v) is 16.4. The zero-order chi connectivity index (χ0) is 34.0. The number of ether oxygens (including phenoxy) is 3. The third-order valence-corrected chi connectivity index (χ3v) is 8.14. The second-order valence-corrected chi connectivity index (χ2v) is 12.1. The zero-order valence-electron chi connectivity index (χ0n) is 26.3. The number of carbonyl (C=O) groups excluding carboxylic acids is 1. The van der Waals surface area contributed by atoms with Crippen molar-refractivity contribution in [3.63, 3.8) is 0 Å². The summed E-state index contributed by atoms with van der Waals surface area (Å²) in [5, 5.41) is 12.7. The van der Waals surface area contributed by atoms with Crippen LogP contribution in [-0.2, 0) is 11.4 Å². The molecule has 0 spiro atoms. The number of hydrogen-bond acceptors (Lipinski definition) is 5. The molecule has 0 saturated carbocycles. The molecule has 0 aromatic heterocycles. The fourth-order valence-electron chi connectivity index (χ4n) is 5.21. The summed E-state index contributed by atoms with van der Waals surface area (Å²) in [4.78, 5) is 25.6. The van der Waals surface area contributed by atoms with Gasteiger partial charge >= 0.3 is 5.97 Å². The van der Waals surface area contributed by atoms with Gasteiger partial charge < -0.3 is 24.6 Å². The van der Waals surface area contributed by atoms with Crippen LogP contribution in [0.15, 0.2) is 156 Å². The van der Waals surface area contributed by atoms with Crippen LogP contribution in [0.2, 0.25) is 0 Å². The molecular weight excluding hydrogens is 682 g/mol. The molecule has 0 aliphatic heterocycles. The molecule has 6 aromatic rings. The molecule has 1 atom stereocenters. The molecule has 2 N–H and O–H groups in total. The topological polar surface area (TPSA) is 94.1 Å². The number of aliphatic carboxylic acids is 1. The highest BCUT2D eigenvalue weighted by Gasteiger charge is 2.22. The van der Waals surface area contributed by atoms with E-state index in [1.54, 1.807) is 18.2 Å². The molecule has 244 valence electrons. The molecular formula is C41H32BrNO6. The highest BCUT2D eigenvalue weighted by Crippen LogP contribution is 2.34. The number of rotatable bonds is 13. The van der Waals surface area contributed by atoms with E-state index >= 15 is 0 Å². The number of benzene rings is 6. The number of halogens is 1. The smallest absolute Gasteiger partial charge is 0.305 e. The van der Waals surface area contributed by atoms with Crippen LogP contribution in [0.25, 0.3) is 11.1 Å². The number of carboxylic acid groups (broad SMARTS) is 1. The molecule has 0 bridgehead atoms. The maximum Gasteiger partial charge on any atom is 0.305 e. The molecule has 7 nitrogen and oxygen atoms in total. The van der Waals surface area contributed by atoms with Crippen molar-refractivity contribution in [2.75, 3.05) is 0 Å². The van der Waals surface area contributed by atoms with Crippen LogP contribution < -0.4 is 19.5 Å². The molecule has 8 heteroatoms. The summed E-state index contributed by atoms with van der Waals surface area (Å²) in [6.07, 6.45) is -0.305. The van der Waals surface area contributed by atoms with Crippen LogP contribution in [0.4, 0.5) is 0 Å². The van der Waals surface area contributed by atoms with Gasteiger partial charge in [-0.1, -0.05) is 107 Å². The number of hydrogen-bond donors (Lipinski definition) is 2. The Bertz CT molecular complexity index is 2020. The van der Waals surface area contributed by atoms with Crippen LogP contribution in [0.3, 0.4) is 0 Å². The Balaban J connectivity index is 1.16. The van der Waals surface area contributed by atoms with Gasteiger partial charge in [0.2, 0.25) is 0 Å². The normalized spacial score (nSPS) is 11.3. The van der Waals surface area contributed by atoms with E-state index < -0.39 is 17.9 Å². The van der Waals surface area contributed by atoms with Gasteiger partial charge in [0.1, 0.15) is 35.4 Å². The minimum Gasteiger partial charge on any atom is -0.488 e. The van der Waals surface area contributed by atoms with Crippen molar-refractivity contribution in [3.8, 4) is 39.9 Å². The summed E-state index contributed by atoms with van der Waals surface area (Å²) in [7, 11) is 0. The van der Waals surface area contributed by atoms with Crippen molar-refractivity contribution >= 4 is 27.8 Å². The van der Waals surface area contributed by atoms with E-state index in [1.165, 1.54) is 0 Å². The van der Waals surface area contributed by atoms with Gasteiger partial charge in [0.25, 0.3) is 5.91 Å². The molecule has 0 fully saturated rings. The van der Waals surface area contributed by atoms with E-state index in [2.05, 4.69) is 21.2 Å². The van der Waals surface area contributed by atoms with Crippen molar-refractivity contribution in [1.82, 2.24) is 5.32 Å². The Morgan fingerprint density at radius 1 is 0.653 bits per heavy atom. The Labute approximate surface area is 292 Å². The van der Waals surface area contributed by atoms with Crippen molar-refractivity contribution in [2.45, 2.75) is 19.1 Å². The first-order chi connectivity index (χ1) is 23.9. The third kappa shape index (κ3) is 8.94. The second-order valence-electron chi connectivity index (χ2n) is 11.1. The van der Waals surface area contributed by atoms with E-state index in [4.69, 9.17) is 14.2 Å². The average molecular weight is 715 g/mol. The van der Waals surface area contributed by atoms with E-state index in [0.29, 0.717) is 27.3 Å². The minimum absolute atomic E-state index is 0.211. The largest absolute Gasteiger partial charge is 0.488 e. The molecule has 1 unspecified atom stereocenters. The van der Waals surface area contributed by atoms with Gasteiger partial charge in [-0.2, -0.15) is 0 Å². The number of carbonyl (C=O) groups is 2. The molecule has 6 aromatic carbocycles. The number of carboxylic acids is 1. The average Bonchev–Trinajstić information content (AvgIpc) is 3.12. The van der Waals surface area contributed by atoms with Gasteiger partial charge in [-0.3, -0.25) is 9.59 Å². The van der Waals surface area contributed by atoms with Gasteiger partial charge in [0, 0.05) is 10.0 Å². The lowest BCUT2D eigenvalue weighted by Gasteiger charge is -2.20. The molecule has 49 heavy (non-hydrogen) atoms. The van der Waals surface area contributed by atoms with Crippen LogP contribution >= 0.6 is 15.9 Å². The van der Waals surface area contributed by atoms with Crippen molar-refractivity contribution in [3.05, 3.63) is 173 Å². The number of nitrogens with one attached hydrogen (secondary N) is 1. The first kappa shape index (κ1) is 33.1. The third-order valence-electron chi connectivity index (χ3n) is 7.65. The molecule has 0 radical (unpaired) electrons. The summed E-state index contributed by atoms with van der Waals surface area (Å²) in [5.41, 5.74) is 3.58. The summed E-state index contributed by atoms with van der Waals surface area (Å²) in [6, 6.07) is 46.1. The number of para-hydroxylation sites is 3. The second kappa shape index (κ2) is 15.8. The monoisotopic (exact) mass is 713 g/mol. The lowest BCUT2D eigenvalue weighted by molar-refractivity contribution is -0.137. The Kier molecular flexibility index (Phi) is 10.7. The van der Waals surface area contributed by atoms with E-state index in [9.17, 15) is 14.7 Å². The minimum atomic E-state index is -1.04. The lowest BCUT2D eigenvalue weighted by Crippen LogP contribution is -2.30.